The average Bonchev–Trinajstić information content (AvgIpc) is 2.68. The molecule has 1 aromatic carbocycles. The van der Waals surface area contributed by atoms with Crippen molar-refractivity contribution in [2.24, 2.45) is 7.05 Å². The minimum Gasteiger partial charge on any atom is -0.370 e. The quantitative estimate of drug-likeness (QED) is 0.776. The number of aryl methyl sites for hydroxylation is 1. The Morgan fingerprint density at radius 3 is 2.68 bits per heavy atom. The number of hydrogen-bond acceptors (Lipinski definition) is 3. The van der Waals surface area contributed by atoms with E-state index in [2.05, 4.69) is 50.9 Å². The van der Waals surface area contributed by atoms with Gasteiger partial charge in [0.2, 0.25) is 0 Å². The maximum atomic E-state index is 5.89. The molecule has 0 spiro atoms. The Kier molecular flexibility index (Phi) is 3.74. The summed E-state index contributed by atoms with van der Waals surface area (Å²) in [4.78, 5) is 2.31. The summed E-state index contributed by atoms with van der Waals surface area (Å²) in [5.74, 6) is 0. The largest absolute Gasteiger partial charge is 0.370 e. The summed E-state index contributed by atoms with van der Waals surface area (Å²) in [6, 6.07) is 10.3. The van der Waals surface area contributed by atoms with Crippen LogP contribution >= 0.6 is 22.6 Å². The number of anilines is 1. The third-order valence-corrected chi connectivity index (χ3v) is 4.05. The van der Waals surface area contributed by atoms with Crippen LogP contribution in [-0.4, -0.2) is 29.0 Å². The Bertz CT molecular complexity index is 549. The van der Waals surface area contributed by atoms with E-state index in [-0.39, 0.29) is 0 Å². The van der Waals surface area contributed by atoms with Crippen molar-refractivity contribution in [2.45, 2.75) is 12.7 Å². The summed E-state index contributed by atoms with van der Waals surface area (Å²) in [7, 11) is 1.95. The molecule has 0 aliphatic carbocycles. The number of aromatic nitrogens is 2. The predicted octanol–water partition coefficient (Wildman–Crippen LogP) is 2.43. The molecule has 4 nitrogen and oxygen atoms in total. The SMILES string of the molecule is Cn1cc(N2CC(OCc3ccccc3)C2)c(I)n1. The van der Waals surface area contributed by atoms with Crippen LogP contribution < -0.4 is 4.90 Å². The van der Waals surface area contributed by atoms with Gasteiger partial charge in [-0.1, -0.05) is 30.3 Å². The first-order chi connectivity index (χ1) is 9.22. The van der Waals surface area contributed by atoms with Gasteiger partial charge in [0.1, 0.15) is 3.70 Å². The maximum Gasteiger partial charge on any atom is 0.146 e. The monoisotopic (exact) mass is 369 g/mol. The van der Waals surface area contributed by atoms with Gasteiger partial charge in [0.25, 0.3) is 0 Å². The number of halogens is 1. The zero-order valence-electron chi connectivity index (χ0n) is 10.8. The highest BCUT2D eigenvalue weighted by Gasteiger charge is 2.29. The lowest BCUT2D eigenvalue weighted by Gasteiger charge is -2.40. The van der Waals surface area contributed by atoms with Crippen LogP contribution in [0.5, 0.6) is 0 Å². The van der Waals surface area contributed by atoms with Gasteiger partial charge in [-0.2, -0.15) is 5.10 Å². The minimum atomic E-state index is 0.330. The van der Waals surface area contributed by atoms with Gasteiger partial charge in [-0.05, 0) is 28.2 Å². The lowest BCUT2D eigenvalue weighted by molar-refractivity contribution is 0.0223. The zero-order chi connectivity index (χ0) is 13.2. The summed E-state index contributed by atoms with van der Waals surface area (Å²) in [6.07, 6.45) is 2.39. The summed E-state index contributed by atoms with van der Waals surface area (Å²) >= 11 is 2.28. The molecule has 0 unspecified atom stereocenters. The van der Waals surface area contributed by atoms with Crippen LogP contribution in [0.15, 0.2) is 36.5 Å². The van der Waals surface area contributed by atoms with E-state index >= 15 is 0 Å². The number of benzene rings is 1. The minimum absolute atomic E-state index is 0.330. The number of nitrogens with zero attached hydrogens (tertiary/aromatic N) is 3. The van der Waals surface area contributed by atoms with Crippen molar-refractivity contribution in [1.29, 1.82) is 0 Å². The summed E-state index contributed by atoms with van der Waals surface area (Å²) < 4.78 is 8.80. The fourth-order valence-corrected chi connectivity index (χ4v) is 3.01. The van der Waals surface area contributed by atoms with Gasteiger partial charge in [-0.15, -0.1) is 0 Å². The molecule has 1 saturated heterocycles. The van der Waals surface area contributed by atoms with Gasteiger partial charge in [-0.3, -0.25) is 4.68 Å². The lowest BCUT2D eigenvalue weighted by atomic mass is 10.1. The third kappa shape index (κ3) is 2.92. The number of rotatable bonds is 4. The van der Waals surface area contributed by atoms with Crippen molar-refractivity contribution in [3.8, 4) is 0 Å². The Morgan fingerprint density at radius 1 is 1.32 bits per heavy atom. The van der Waals surface area contributed by atoms with E-state index in [0.29, 0.717) is 12.7 Å². The van der Waals surface area contributed by atoms with Crippen LogP contribution in [0.3, 0.4) is 0 Å². The second-order valence-corrected chi connectivity index (χ2v) is 5.82. The predicted molar refractivity (Wildman–Crippen MR) is 83.2 cm³/mol. The number of hydrogen-bond donors (Lipinski definition) is 0. The average molecular weight is 369 g/mol. The molecule has 5 heteroatoms. The van der Waals surface area contributed by atoms with Gasteiger partial charge in [-0.25, -0.2) is 0 Å². The first-order valence-electron chi connectivity index (χ1n) is 6.32. The van der Waals surface area contributed by atoms with Crippen molar-refractivity contribution in [3.63, 3.8) is 0 Å². The van der Waals surface area contributed by atoms with E-state index in [0.717, 1.165) is 16.8 Å². The molecule has 1 fully saturated rings. The van der Waals surface area contributed by atoms with Crippen LogP contribution in [-0.2, 0) is 18.4 Å². The molecule has 2 aromatic rings. The lowest BCUT2D eigenvalue weighted by Crippen LogP contribution is -2.52. The highest BCUT2D eigenvalue weighted by molar-refractivity contribution is 14.1. The van der Waals surface area contributed by atoms with Crippen molar-refractivity contribution in [3.05, 3.63) is 45.8 Å². The molecule has 3 rings (SSSR count). The molecule has 0 N–H and O–H groups in total. The van der Waals surface area contributed by atoms with Crippen LogP contribution in [0, 0.1) is 3.70 Å². The van der Waals surface area contributed by atoms with Crippen molar-refractivity contribution in [2.75, 3.05) is 18.0 Å². The fourth-order valence-electron chi connectivity index (χ4n) is 2.19. The van der Waals surface area contributed by atoms with Gasteiger partial charge >= 0.3 is 0 Å². The van der Waals surface area contributed by atoms with E-state index < -0.39 is 0 Å². The summed E-state index contributed by atoms with van der Waals surface area (Å²) in [6.45, 7) is 2.60. The topological polar surface area (TPSA) is 30.3 Å². The molecule has 0 saturated carbocycles. The second-order valence-electron chi connectivity index (χ2n) is 4.80. The van der Waals surface area contributed by atoms with Gasteiger partial charge in [0, 0.05) is 26.3 Å². The molecule has 2 heterocycles. The van der Waals surface area contributed by atoms with Gasteiger partial charge in [0.15, 0.2) is 0 Å². The van der Waals surface area contributed by atoms with Gasteiger partial charge < -0.3 is 9.64 Å². The molecular weight excluding hydrogens is 353 g/mol. The smallest absolute Gasteiger partial charge is 0.146 e. The molecule has 19 heavy (non-hydrogen) atoms. The Balaban J connectivity index is 1.49. The summed E-state index contributed by atoms with van der Waals surface area (Å²) in [5, 5.41) is 4.35. The van der Waals surface area contributed by atoms with E-state index in [1.807, 2.05) is 29.9 Å². The molecular formula is C14H16IN3O. The maximum absolute atomic E-state index is 5.89. The van der Waals surface area contributed by atoms with Crippen molar-refractivity contribution < 1.29 is 4.74 Å². The van der Waals surface area contributed by atoms with Crippen molar-refractivity contribution >= 4 is 28.3 Å². The molecule has 0 atom stereocenters. The van der Waals surface area contributed by atoms with E-state index in [1.165, 1.54) is 11.3 Å². The Morgan fingerprint density at radius 2 is 2.05 bits per heavy atom. The number of ether oxygens (including phenoxy) is 1. The molecule has 1 aliphatic rings. The Hall–Kier alpha value is -1.08. The third-order valence-electron chi connectivity index (χ3n) is 3.28. The van der Waals surface area contributed by atoms with Crippen LogP contribution in [0.4, 0.5) is 5.69 Å². The second kappa shape index (κ2) is 5.50. The molecule has 1 aromatic heterocycles. The molecule has 100 valence electrons. The molecule has 1 aliphatic heterocycles. The molecule has 0 radical (unpaired) electrons. The molecule has 0 bridgehead atoms. The van der Waals surface area contributed by atoms with Gasteiger partial charge in [0.05, 0.1) is 18.4 Å². The van der Waals surface area contributed by atoms with E-state index in [4.69, 9.17) is 4.74 Å². The van der Waals surface area contributed by atoms with Crippen LogP contribution in [0.2, 0.25) is 0 Å². The normalized spacial score (nSPS) is 15.6. The Labute approximate surface area is 126 Å². The zero-order valence-corrected chi connectivity index (χ0v) is 12.9. The molecule has 0 amide bonds. The fraction of sp³-hybridized carbons (Fsp3) is 0.357. The van der Waals surface area contributed by atoms with Crippen LogP contribution in [0.25, 0.3) is 0 Å². The van der Waals surface area contributed by atoms with E-state index in [1.54, 1.807) is 0 Å². The van der Waals surface area contributed by atoms with E-state index in [9.17, 15) is 0 Å². The first kappa shape index (κ1) is 12.9. The van der Waals surface area contributed by atoms with Crippen molar-refractivity contribution in [1.82, 2.24) is 9.78 Å². The standard InChI is InChI=1S/C14H16IN3O/c1-17-9-13(14(15)16-17)18-7-12(8-18)19-10-11-5-3-2-4-6-11/h2-6,9,12H,7-8,10H2,1H3. The first-order valence-corrected chi connectivity index (χ1v) is 7.40. The van der Waals surface area contributed by atoms with Crippen LogP contribution in [0.1, 0.15) is 5.56 Å². The highest BCUT2D eigenvalue weighted by Crippen LogP contribution is 2.26. The summed E-state index contributed by atoms with van der Waals surface area (Å²) in [5.41, 5.74) is 2.44. The highest BCUT2D eigenvalue weighted by atomic mass is 127.